The Bertz CT molecular complexity index is 449. The van der Waals surface area contributed by atoms with E-state index >= 15 is 0 Å². The molecule has 0 saturated heterocycles. The first-order valence-electron chi connectivity index (χ1n) is 7.06. The first kappa shape index (κ1) is 13.6. The van der Waals surface area contributed by atoms with Crippen LogP contribution in [0.1, 0.15) is 24.5 Å². The second kappa shape index (κ2) is 5.85. The van der Waals surface area contributed by atoms with Crippen molar-refractivity contribution in [3.05, 3.63) is 58.9 Å². The third-order valence-electron chi connectivity index (χ3n) is 4.11. The number of rotatable bonds is 5. The molecule has 0 atom stereocenters. The summed E-state index contributed by atoms with van der Waals surface area (Å²) in [7, 11) is -1.18. The first-order valence-corrected chi connectivity index (χ1v) is 10.3. The average molecular weight is 260 g/mol. The Morgan fingerprint density at radius 2 is 1.72 bits per heavy atom. The number of hydrogen-bond acceptors (Lipinski definition) is 0. The summed E-state index contributed by atoms with van der Waals surface area (Å²) < 4.78 is 0. The van der Waals surface area contributed by atoms with Crippen LogP contribution in [-0.4, -0.2) is 19.5 Å². The van der Waals surface area contributed by atoms with Gasteiger partial charge in [0.15, 0.2) is 0 Å². The van der Waals surface area contributed by atoms with Crippen molar-refractivity contribution in [2.75, 3.05) is 19.5 Å². The van der Waals surface area contributed by atoms with Crippen LogP contribution in [0.4, 0.5) is 0 Å². The normalized spacial score (nSPS) is 15.8. The quantitative estimate of drug-likeness (QED) is 0.676. The Kier molecular flexibility index (Phi) is 4.40. The zero-order valence-corrected chi connectivity index (χ0v) is 12.9. The minimum atomic E-state index is -1.18. The Morgan fingerprint density at radius 3 is 2.28 bits per heavy atom. The summed E-state index contributed by atoms with van der Waals surface area (Å²) in [6.07, 6.45) is 11.8. The first-order chi connectivity index (χ1) is 8.62. The average Bonchev–Trinajstić information content (AvgIpc) is 2.92. The molecule has 1 aromatic rings. The van der Waals surface area contributed by atoms with E-state index < -0.39 is 7.26 Å². The Labute approximate surface area is 112 Å². The van der Waals surface area contributed by atoms with Crippen LogP contribution in [0.5, 0.6) is 0 Å². The molecule has 2 rings (SSSR count). The molecule has 1 aliphatic rings. The third-order valence-corrected chi connectivity index (χ3v) is 7.72. The van der Waals surface area contributed by atoms with Gasteiger partial charge in [-0.3, -0.25) is 0 Å². The Morgan fingerprint density at radius 1 is 1.06 bits per heavy atom. The van der Waals surface area contributed by atoms with E-state index in [9.17, 15) is 0 Å². The molecule has 0 saturated carbocycles. The fraction of sp³-hybridized carbons (Fsp3) is 0.412. The molecule has 0 fully saturated rings. The number of benzene rings is 1. The van der Waals surface area contributed by atoms with Gasteiger partial charge in [-0.15, -0.1) is 0 Å². The van der Waals surface area contributed by atoms with Crippen LogP contribution in [-0.2, 0) is 12.8 Å². The van der Waals surface area contributed by atoms with Gasteiger partial charge in [-0.1, -0.05) is 0 Å². The summed E-state index contributed by atoms with van der Waals surface area (Å²) in [5.74, 6) is 0. The molecule has 98 valence electrons. The predicted octanol–water partition coefficient (Wildman–Crippen LogP) is 4.64. The molecule has 0 heterocycles. The summed E-state index contributed by atoms with van der Waals surface area (Å²) in [5, 5.41) is 1.72. The van der Waals surface area contributed by atoms with E-state index in [1.165, 1.54) is 30.1 Å². The second-order valence-corrected chi connectivity index (χ2v) is 10.8. The number of hydrogen-bond donors (Lipinski definition) is 0. The summed E-state index contributed by atoms with van der Waals surface area (Å²) >= 11 is 0. The van der Waals surface area contributed by atoms with Gasteiger partial charge in [0.2, 0.25) is 0 Å². The van der Waals surface area contributed by atoms with Gasteiger partial charge in [-0.2, -0.15) is 0 Å². The molecule has 0 nitrogen and oxygen atoms in total. The van der Waals surface area contributed by atoms with Gasteiger partial charge in [-0.05, 0) is 0 Å². The third kappa shape index (κ3) is 3.33. The zero-order chi connectivity index (χ0) is 13.0. The van der Waals surface area contributed by atoms with Crippen molar-refractivity contribution in [3.63, 3.8) is 0 Å². The molecule has 18 heavy (non-hydrogen) atoms. The van der Waals surface area contributed by atoms with E-state index in [1.807, 2.05) is 0 Å². The van der Waals surface area contributed by atoms with Gasteiger partial charge >= 0.3 is 112 Å². The van der Waals surface area contributed by atoms with Gasteiger partial charge in [0, 0.05) is 0 Å². The van der Waals surface area contributed by atoms with Crippen molar-refractivity contribution in [2.24, 2.45) is 0 Å². The van der Waals surface area contributed by atoms with E-state index in [2.05, 4.69) is 62.7 Å². The van der Waals surface area contributed by atoms with E-state index in [1.54, 1.807) is 5.31 Å². The second-order valence-electron chi connectivity index (χ2n) is 5.88. The molecular formula is C17H25P. The summed E-state index contributed by atoms with van der Waals surface area (Å²) in [6.45, 7) is 7.23. The predicted molar refractivity (Wildman–Crippen MR) is 86.4 cm³/mol. The topological polar surface area (TPSA) is 0 Å². The van der Waals surface area contributed by atoms with Crippen molar-refractivity contribution in [1.82, 2.24) is 0 Å². The van der Waals surface area contributed by atoms with E-state index in [0.717, 1.165) is 6.42 Å². The van der Waals surface area contributed by atoms with Gasteiger partial charge in [0.1, 0.15) is 0 Å². The van der Waals surface area contributed by atoms with Crippen LogP contribution in [0.2, 0.25) is 0 Å². The molecule has 1 aromatic carbocycles. The van der Waals surface area contributed by atoms with E-state index in [0.29, 0.717) is 0 Å². The van der Waals surface area contributed by atoms with Crippen molar-refractivity contribution >= 4 is 7.26 Å². The molecule has 0 spiro atoms. The van der Waals surface area contributed by atoms with Crippen LogP contribution >= 0.6 is 7.26 Å². The summed E-state index contributed by atoms with van der Waals surface area (Å²) in [4.78, 5) is 0. The standard InChI is InChI=1S/C17H25P/c1-4-15-9-11-16(12-10-15)13-14-18(2,3)17-7-5-6-8-17/h5-7,9-12,18H,4,8,13-14H2,1-3H3. The van der Waals surface area contributed by atoms with Crippen LogP contribution in [0, 0.1) is 0 Å². The summed E-state index contributed by atoms with van der Waals surface area (Å²) in [5.41, 5.74) is 2.94. The van der Waals surface area contributed by atoms with Gasteiger partial charge in [0.25, 0.3) is 0 Å². The van der Waals surface area contributed by atoms with Crippen molar-refractivity contribution in [3.8, 4) is 0 Å². The van der Waals surface area contributed by atoms with E-state index in [-0.39, 0.29) is 0 Å². The molecule has 0 N–H and O–H groups in total. The monoisotopic (exact) mass is 260 g/mol. The Balaban J connectivity index is 1.94. The molecule has 0 bridgehead atoms. The summed E-state index contributed by atoms with van der Waals surface area (Å²) in [6, 6.07) is 9.18. The number of aryl methyl sites for hydroxylation is 2. The molecule has 0 aromatic heterocycles. The van der Waals surface area contributed by atoms with Gasteiger partial charge in [0.05, 0.1) is 0 Å². The van der Waals surface area contributed by atoms with Crippen molar-refractivity contribution in [1.29, 1.82) is 0 Å². The van der Waals surface area contributed by atoms with Gasteiger partial charge in [-0.25, -0.2) is 0 Å². The van der Waals surface area contributed by atoms with E-state index in [4.69, 9.17) is 0 Å². The van der Waals surface area contributed by atoms with Crippen LogP contribution in [0.3, 0.4) is 0 Å². The Hall–Kier alpha value is -0.870. The number of allylic oxidation sites excluding steroid dienone is 4. The minimum absolute atomic E-state index is 1.14. The molecule has 1 heteroatoms. The van der Waals surface area contributed by atoms with Crippen LogP contribution in [0.15, 0.2) is 47.8 Å². The molecule has 0 amide bonds. The zero-order valence-electron chi connectivity index (χ0n) is 11.9. The molecule has 1 aliphatic carbocycles. The maximum atomic E-state index is 2.51. The fourth-order valence-electron chi connectivity index (χ4n) is 2.51. The van der Waals surface area contributed by atoms with Gasteiger partial charge < -0.3 is 0 Å². The fourth-order valence-corrected chi connectivity index (χ4v) is 4.96. The molecule has 0 unspecified atom stereocenters. The maximum absolute atomic E-state index is 2.51. The van der Waals surface area contributed by atoms with Crippen molar-refractivity contribution < 1.29 is 0 Å². The molecule has 0 aliphatic heterocycles. The van der Waals surface area contributed by atoms with Crippen molar-refractivity contribution in [2.45, 2.75) is 26.2 Å². The SMILES string of the molecule is CCc1ccc(CC[PH](C)(C)C2=CC=CC2)cc1. The van der Waals surface area contributed by atoms with Crippen LogP contribution < -0.4 is 0 Å². The van der Waals surface area contributed by atoms with Crippen LogP contribution in [0.25, 0.3) is 0 Å². The molecular weight excluding hydrogens is 235 g/mol. The molecule has 0 radical (unpaired) electrons.